The molecule has 0 bridgehead atoms. The van der Waals surface area contributed by atoms with Crippen molar-refractivity contribution in [1.29, 1.82) is 0 Å². The number of imidazole rings is 1. The molecule has 6 heteroatoms. The summed E-state index contributed by atoms with van der Waals surface area (Å²) >= 11 is 0. The molecule has 3 heterocycles. The molecule has 1 fully saturated rings. The van der Waals surface area contributed by atoms with E-state index in [0.29, 0.717) is 6.04 Å². The molecule has 19 heavy (non-hydrogen) atoms. The van der Waals surface area contributed by atoms with Crippen molar-refractivity contribution in [3.8, 4) is 0 Å². The van der Waals surface area contributed by atoms with Crippen LogP contribution in [-0.2, 0) is 20.6 Å². The minimum Gasteiger partial charge on any atom is -0.337 e. The third-order valence-corrected chi connectivity index (χ3v) is 3.83. The Balaban J connectivity index is 1.82. The lowest BCUT2D eigenvalue weighted by atomic mass is 9.74. The second kappa shape index (κ2) is 4.16. The molecule has 0 saturated carbocycles. The van der Waals surface area contributed by atoms with Crippen LogP contribution in [0.3, 0.4) is 0 Å². The molecule has 1 atom stereocenters. The maximum atomic E-state index is 4.51. The van der Waals surface area contributed by atoms with E-state index >= 15 is 0 Å². The first kappa shape index (κ1) is 12.3. The predicted molar refractivity (Wildman–Crippen MR) is 71.1 cm³/mol. The molecule has 1 unspecified atom stereocenters. The standard InChI is InChI=1S/C13H20N6/c1-13(2)9-19(8-10-7-18(4)16-15-10)11(13)12-14-5-6-17(12)3/h5-7,11H,8-9H2,1-4H3. The summed E-state index contributed by atoms with van der Waals surface area (Å²) in [5, 5.41) is 8.16. The van der Waals surface area contributed by atoms with Crippen molar-refractivity contribution in [2.24, 2.45) is 19.5 Å². The molecular weight excluding hydrogens is 240 g/mol. The van der Waals surface area contributed by atoms with Gasteiger partial charge in [0.15, 0.2) is 0 Å². The Morgan fingerprint density at radius 3 is 2.68 bits per heavy atom. The molecule has 6 nitrogen and oxygen atoms in total. The molecule has 0 N–H and O–H groups in total. The summed E-state index contributed by atoms with van der Waals surface area (Å²) in [5.74, 6) is 1.13. The highest BCUT2D eigenvalue weighted by atomic mass is 15.4. The van der Waals surface area contributed by atoms with Gasteiger partial charge < -0.3 is 4.57 Å². The molecule has 1 saturated heterocycles. The summed E-state index contributed by atoms with van der Waals surface area (Å²) in [6, 6.07) is 0.342. The van der Waals surface area contributed by atoms with Gasteiger partial charge in [-0.2, -0.15) is 0 Å². The molecule has 2 aromatic rings. The van der Waals surface area contributed by atoms with Crippen LogP contribution in [0.2, 0.25) is 0 Å². The van der Waals surface area contributed by atoms with E-state index in [1.807, 2.05) is 25.6 Å². The van der Waals surface area contributed by atoms with Crippen molar-refractivity contribution < 1.29 is 0 Å². The van der Waals surface area contributed by atoms with E-state index in [9.17, 15) is 0 Å². The lowest BCUT2D eigenvalue weighted by Crippen LogP contribution is -2.55. The molecule has 0 spiro atoms. The Labute approximate surface area is 113 Å². The molecule has 0 aromatic carbocycles. The molecule has 3 rings (SSSR count). The van der Waals surface area contributed by atoms with Crippen LogP contribution < -0.4 is 0 Å². The van der Waals surface area contributed by atoms with Crippen LogP contribution in [0.4, 0.5) is 0 Å². The quantitative estimate of drug-likeness (QED) is 0.830. The first-order valence-electron chi connectivity index (χ1n) is 6.54. The highest BCUT2D eigenvalue weighted by Crippen LogP contribution is 2.48. The van der Waals surface area contributed by atoms with Crippen molar-refractivity contribution in [2.75, 3.05) is 6.54 Å². The van der Waals surface area contributed by atoms with Gasteiger partial charge in [-0.15, -0.1) is 5.10 Å². The largest absolute Gasteiger partial charge is 0.337 e. The van der Waals surface area contributed by atoms with Crippen molar-refractivity contribution >= 4 is 0 Å². The first-order chi connectivity index (χ1) is 8.97. The van der Waals surface area contributed by atoms with Crippen LogP contribution in [-0.4, -0.2) is 36.0 Å². The second-order valence-corrected chi connectivity index (χ2v) is 6.08. The fourth-order valence-electron chi connectivity index (χ4n) is 3.06. The van der Waals surface area contributed by atoms with Crippen LogP contribution in [0, 0.1) is 5.41 Å². The van der Waals surface area contributed by atoms with Gasteiger partial charge in [-0.3, -0.25) is 9.58 Å². The van der Waals surface area contributed by atoms with Crippen molar-refractivity contribution in [2.45, 2.75) is 26.4 Å². The van der Waals surface area contributed by atoms with Gasteiger partial charge >= 0.3 is 0 Å². The topological polar surface area (TPSA) is 51.8 Å². The zero-order chi connectivity index (χ0) is 13.6. The summed E-state index contributed by atoms with van der Waals surface area (Å²) in [5.41, 5.74) is 1.26. The average molecular weight is 260 g/mol. The second-order valence-electron chi connectivity index (χ2n) is 6.08. The highest BCUT2D eigenvalue weighted by molar-refractivity contribution is 5.12. The monoisotopic (exact) mass is 260 g/mol. The van der Waals surface area contributed by atoms with Crippen molar-refractivity contribution in [3.63, 3.8) is 0 Å². The lowest BCUT2D eigenvalue weighted by Gasteiger charge is -2.53. The third-order valence-electron chi connectivity index (χ3n) is 3.83. The smallest absolute Gasteiger partial charge is 0.126 e. The van der Waals surface area contributed by atoms with Crippen LogP contribution in [0.1, 0.15) is 31.4 Å². The van der Waals surface area contributed by atoms with Crippen LogP contribution in [0.25, 0.3) is 0 Å². The number of hydrogen-bond acceptors (Lipinski definition) is 4. The molecule has 2 aromatic heterocycles. The Kier molecular flexibility index (Phi) is 2.70. The first-order valence-corrected chi connectivity index (χ1v) is 6.54. The van der Waals surface area contributed by atoms with E-state index in [2.05, 4.69) is 45.7 Å². The van der Waals surface area contributed by atoms with Gasteiger partial charge in [0.25, 0.3) is 0 Å². The molecule has 102 valence electrons. The van der Waals surface area contributed by atoms with Crippen LogP contribution in [0.15, 0.2) is 18.6 Å². The minimum atomic E-state index is 0.251. The van der Waals surface area contributed by atoms with Crippen LogP contribution >= 0.6 is 0 Å². The highest BCUT2D eigenvalue weighted by Gasteiger charge is 2.48. The van der Waals surface area contributed by atoms with E-state index in [4.69, 9.17) is 0 Å². The van der Waals surface area contributed by atoms with E-state index in [0.717, 1.165) is 24.6 Å². The minimum absolute atomic E-state index is 0.251. The predicted octanol–water partition coefficient (Wildman–Crippen LogP) is 1.13. The van der Waals surface area contributed by atoms with Crippen LogP contribution in [0.5, 0.6) is 0 Å². The summed E-state index contributed by atoms with van der Waals surface area (Å²) < 4.78 is 3.85. The summed E-state index contributed by atoms with van der Waals surface area (Å²) in [7, 11) is 3.95. The number of aromatic nitrogens is 5. The Morgan fingerprint density at radius 1 is 1.37 bits per heavy atom. The zero-order valence-corrected chi connectivity index (χ0v) is 11.9. The molecular formula is C13H20N6. The molecule has 1 aliphatic rings. The van der Waals surface area contributed by atoms with Gasteiger partial charge in [-0.05, 0) is 0 Å². The summed E-state index contributed by atoms with van der Waals surface area (Å²) in [6.45, 7) is 6.47. The summed E-state index contributed by atoms with van der Waals surface area (Å²) in [6.07, 6.45) is 5.84. The van der Waals surface area contributed by atoms with Crippen molar-refractivity contribution in [3.05, 3.63) is 30.1 Å². The Morgan fingerprint density at radius 2 is 2.16 bits per heavy atom. The van der Waals surface area contributed by atoms with E-state index in [1.165, 1.54) is 0 Å². The Bertz CT molecular complexity index is 581. The number of aryl methyl sites for hydroxylation is 2. The van der Waals surface area contributed by atoms with E-state index < -0.39 is 0 Å². The number of hydrogen-bond donors (Lipinski definition) is 0. The average Bonchev–Trinajstić information content (AvgIpc) is 2.88. The fourth-order valence-corrected chi connectivity index (χ4v) is 3.06. The summed E-state index contributed by atoms with van der Waals surface area (Å²) in [4.78, 5) is 6.92. The lowest BCUT2D eigenvalue weighted by molar-refractivity contribution is -0.0657. The molecule has 1 aliphatic heterocycles. The van der Waals surface area contributed by atoms with E-state index in [-0.39, 0.29) is 5.41 Å². The number of nitrogens with zero attached hydrogens (tertiary/aromatic N) is 6. The fraction of sp³-hybridized carbons (Fsp3) is 0.615. The van der Waals surface area contributed by atoms with Crippen molar-refractivity contribution in [1.82, 2.24) is 29.4 Å². The number of rotatable bonds is 3. The van der Waals surface area contributed by atoms with Gasteiger partial charge in [-0.25, -0.2) is 4.98 Å². The van der Waals surface area contributed by atoms with Gasteiger partial charge in [0.2, 0.25) is 0 Å². The van der Waals surface area contributed by atoms with Gasteiger partial charge in [-0.1, -0.05) is 19.1 Å². The molecule has 0 amide bonds. The third kappa shape index (κ3) is 2.06. The van der Waals surface area contributed by atoms with Gasteiger partial charge in [0.05, 0.1) is 11.7 Å². The van der Waals surface area contributed by atoms with E-state index in [1.54, 1.807) is 4.68 Å². The Hall–Kier alpha value is -1.69. The SMILES string of the molecule is Cn1cc(CN2CC(C)(C)C2c2nccn2C)nn1. The number of likely N-dealkylation sites (tertiary alicyclic amines) is 1. The molecule has 0 aliphatic carbocycles. The van der Waals surface area contributed by atoms with Gasteiger partial charge in [0.1, 0.15) is 5.82 Å². The molecule has 0 radical (unpaired) electrons. The van der Waals surface area contributed by atoms with Gasteiger partial charge in [0, 0.05) is 51.2 Å². The normalized spacial score (nSPS) is 22.4. The zero-order valence-electron chi connectivity index (χ0n) is 11.9. The maximum Gasteiger partial charge on any atom is 0.126 e. The maximum absolute atomic E-state index is 4.51.